The van der Waals surface area contributed by atoms with E-state index in [9.17, 15) is 18.0 Å². The van der Waals surface area contributed by atoms with Crippen molar-refractivity contribution in [3.63, 3.8) is 0 Å². The van der Waals surface area contributed by atoms with Crippen LogP contribution in [0.3, 0.4) is 0 Å². The van der Waals surface area contributed by atoms with Crippen LogP contribution in [-0.2, 0) is 4.79 Å². The van der Waals surface area contributed by atoms with Gasteiger partial charge in [-0.05, 0) is 24.3 Å². The van der Waals surface area contributed by atoms with Crippen LogP contribution >= 0.6 is 0 Å². The molecule has 0 bridgehead atoms. The molecule has 0 heterocycles. The lowest BCUT2D eigenvalue weighted by atomic mass is 10.3. The van der Waals surface area contributed by atoms with Crippen molar-refractivity contribution in [2.24, 2.45) is 0 Å². The molecule has 0 saturated heterocycles. The molecule has 1 aromatic rings. The molecule has 0 fully saturated rings. The number of anilines is 1. The molecule has 1 aromatic carbocycles. The molecule has 18 heavy (non-hydrogen) atoms. The van der Waals surface area contributed by atoms with Crippen molar-refractivity contribution in [2.75, 3.05) is 12.4 Å². The van der Waals surface area contributed by atoms with Crippen LogP contribution in [0.25, 0.3) is 0 Å². The summed E-state index contributed by atoms with van der Waals surface area (Å²) in [6, 6.07) is 5.97. The number of hydrogen-bond donors (Lipinski definition) is 2. The van der Waals surface area contributed by atoms with E-state index >= 15 is 0 Å². The number of benzene rings is 1. The molecule has 0 aromatic heterocycles. The normalized spacial score (nSPS) is 12.1. The van der Waals surface area contributed by atoms with Gasteiger partial charge in [0.25, 0.3) is 5.91 Å². The lowest BCUT2D eigenvalue weighted by Crippen LogP contribution is -2.16. The number of rotatable bonds is 3. The molecule has 0 atom stereocenters. The van der Waals surface area contributed by atoms with Gasteiger partial charge in [0.2, 0.25) is 5.76 Å². The van der Waals surface area contributed by atoms with Gasteiger partial charge in [0, 0.05) is 5.69 Å². The third-order valence-electron chi connectivity index (χ3n) is 1.92. The van der Waals surface area contributed by atoms with Crippen molar-refractivity contribution < 1.29 is 27.8 Å². The molecular formula is C11H10F3NO3. The summed E-state index contributed by atoms with van der Waals surface area (Å²) >= 11 is 0. The number of alkyl halides is 3. The largest absolute Gasteiger partial charge is 0.504 e. The Labute approximate surface area is 101 Å². The fourth-order valence-electron chi connectivity index (χ4n) is 1.06. The van der Waals surface area contributed by atoms with E-state index < -0.39 is 17.8 Å². The lowest BCUT2D eigenvalue weighted by molar-refractivity contribution is -0.124. The smallest absolute Gasteiger partial charge is 0.448 e. The highest BCUT2D eigenvalue weighted by atomic mass is 19.4. The Balaban J connectivity index is 2.70. The van der Waals surface area contributed by atoms with E-state index in [1.165, 1.54) is 31.4 Å². The van der Waals surface area contributed by atoms with E-state index in [-0.39, 0.29) is 11.8 Å². The maximum atomic E-state index is 11.9. The fraction of sp³-hybridized carbons (Fsp3) is 0.182. The van der Waals surface area contributed by atoms with Gasteiger partial charge in [-0.1, -0.05) is 0 Å². The highest BCUT2D eigenvalue weighted by Gasteiger charge is 2.34. The lowest BCUT2D eigenvalue weighted by Gasteiger charge is -2.06. The number of amides is 1. The maximum absolute atomic E-state index is 11.9. The molecular weight excluding hydrogens is 251 g/mol. The Morgan fingerprint density at radius 1 is 1.33 bits per heavy atom. The highest BCUT2D eigenvalue weighted by molar-refractivity contribution is 5.99. The van der Waals surface area contributed by atoms with Crippen LogP contribution in [0.1, 0.15) is 0 Å². The summed E-state index contributed by atoms with van der Waals surface area (Å²) in [6.45, 7) is 0. The SMILES string of the molecule is COc1ccc(NC(=O)/C=C(\O)C(F)(F)F)cc1. The molecule has 1 amide bonds. The molecule has 0 spiro atoms. The average molecular weight is 261 g/mol. The maximum Gasteiger partial charge on any atom is 0.448 e. The first-order valence-corrected chi connectivity index (χ1v) is 4.76. The van der Waals surface area contributed by atoms with Gasteiger partial charge in [0.1, 0.15) is 5.75 Å². The number of ether oxygens (including phenoxy) is 1. The quantitative estimate of drug-likeness (QED) is 0.649. The summed E-state index contributed by atoms with van der Waals surface area (Å²) < 4.78 is 40.7. The first-order valence-electron chi connectivity index (χ1n) is 4.76. The standard InChI is InChI=1S/C11H10F3NO3/c1-18-8-4-2-7(3-5-8)15-10(17)6-9(16)11(12,13)14/h2-6,16H,1H3,(H,15,17)/b9-6-. The summed E-state index contributed by atoms with van der Waals surface area (Å²) in [4.78, 5) is 11.1. The summed E-state index contributed by atoms with van der Waals surface area (Å²) in [5.41, 5.74) is 0.284. The predicted octanol–water partition coefficient (Wildman–Crippen LogP) is 2.64. The molecule has 98 valence electrons. The Morgan fingerprint density at radius 2 is 1.89 bits per heavy atom. The molecule has 2 N–H and O–H groups in total. The minimum absolute atomic E-state index is 0.0736. The van der Waals surface area contributed by atoms with Crippen LogP contribution < -0.4 is 10.1 Å². The van der Waals surface area contributed by atoms with Crippen molar-refractivity contribution in [3.05, 3.63) is 36.1 Å². The van der Waals surface area contributed by atoms with E-state index in [0.29, 0.717) is 5.75 Å². The van der Waals surface area contributed by atoms with Gasteiger partial charge in [-0.25, -0.2) is 0 Å². The molecule has 1 rings (SSSR count). The molecule has 7 heteroatoms. The van der Waals surface area contributed by atoms with E-state index in [0.717, 1.165) is 0 Å². The van der Waals surface area contributed by atoms with Gasteiger partial charge < -0.3 is 15.2 Å². The zero-order chi connectivity index (χ0) is 13.8. The van der Waals surface area contributed by atoms with Crippen LogP contribution in [0, 0.1) is 0 Å². The van der Waals surface area contributed by atoms with E-state index in [1.54, 1.807) is 0 Å². The van der Waals surface area contributed by atoms with E-state index in [1.807, 2.05) is 0 Å². The zero-order valence-electron chi connectivity index (χ0n) is 9.28. The second-order valence-corrected chi connectivity index (χ2v) is 3.25. The molecule has 0 unspecified atom stereocenters. The Kier molecular flexibility index (Phi) is 4.19. The van der Waals surface area contributed by atoms with Crippen molar-refractivity contribution >= 4 is 11.6 Å². The number of hydrogen-bond acceptors (Lipinski definition) is 3. The Bertz CT molecular complexity index is 452. The topological polar surface area (TPSA) is 58.6 Å². The fourth-order valence-corrected chi connectivity index (χ4v) is 1.06. The molecule has 0 aliphatic heterocycles. The first-order chi connectivity index (χ1) is 8.32. The monoisotopic (exact) mass is 261 g/mol. The summed E-state index contributed by atoms with van der Waals surface area (Å²) in [5.74, 6) is -2.48. The summed E-state index contributed by atoms with van der Waals surface area (Å²) in [5, 5.41) is 10.7. The summed E-state index contributed by atoms with van der Waals surface area (Å²) in [6.07, 6.45) is -4.86. The number of aliphatic hydroxyl groups is 1. The molecule has 0 aliphatic rings. The highest BCUT2D eigenvalue weighted by Crippen LogP contribution is 2.23. The number of allylic oxidation sites excluding steroid dienone is 1. The van der Waals surface area contributed by atoms with Crippen molar-refractivity contribution in [1.29, 1.82) is 0 Å². The van der Waals surface area contributed by atoms with Gasteiger partial charge in [-0.3, -0.25) is 4.79 Å². The number of methoxy groups -OCH3 is 1. The minimum Gasteiger partial charge on any atom is -0.504 e. The summed E-state index contributed by atoms with van der Waals surface area (Å²) in [7, 11) is 1.46. The van der Waals surface area contributed by atoms with Crippen LogP contribution in [0.4, 0.5) is 18.9 Å². The third kappa shape index (κ3) is 4.00. The number of aliphatic hydroxyl groups excluding tert-OH is 1. The van der Waals surface area contributed by atoms with Gasteiger partial charge in [-0.2, -0.15) is 13.2 Å². The zero-order valence-corrected chi connectivity index (χ0v) is 9.28. The Hall–Kier alpha value is -2.18. The number of halogens is 3. The van der Waals surface area contributed by atoms with Crippen molar-refractivity contribution in [1.82, 2.24) is 0 Å². The van der Waals surface area contributed by atoms with E-state index in [4.69, 9.17) is 9.84 Å². The van der Waals surface area contributed by atoms with Gasteiger partial charge in [0.15, 0.2) is 0 Å². The number of carbonyl (C=O) groups is 1. The molecule has 0 radical (unpaired) electrons. The predicted molar refractivity (Wildman–Crippen MR) is 58.4 cm³/mol. The van der Waals surface area contributed by atoms with Crippen LogP contribution in [0.15, 0.2) is 36.1 Å². The van der Waals surface area contributed by atoms with Gasteiger partial charge >= 0.3 is 6.18 Å². The first kappa shape index (κ1) is 13.9. The molecule has 4 nitrogen and oxygen atoms in total. The van der Waals surface area contributed by atoms with Crippen LogP contribution in [0.2, 0.25) is 0 Å². The van der Waals surface area contributed by atoms with Gasteiger partial charge in [0.05, 0.1) is 13.2 Å². The third-order valence-corrected chi connectivity index (χ3v) is 1.92. The van der Waals surface area contributed by atoms with Crippen LogP contribution in [-0.4, -0.2) is 24.3 Å². The average Bonchev–Trinajstić information content (AvgIpc) is 2.28. The van der Waals surface area contributed by atoms with E-state index in [2.05, 4.69) is 5.32 Å². The Morgan fingerprint density at radius 3 is 2.33 bits per heavy atom. The van der Waals surface area contributed by atoms with Crippen molar-refractivity contribution in [2.45, 2.75) is 6.18 Å². The number of carbonyl (C=O) groups excluding carboxylic acids is 1. The second kappa shape index (κ2) is 5.44. The number of nitrogens with one attached hydrogen (secondary N) is 1. The minimum atomic E-state index is -4.93. The molecule has 0 aliphatic carbocycles. The molecule has 0 saturated carbocycles. The second-order valence-electron chi connectivity index (χ2n) is 3.25. The van der Waals surface area contributed by atoms with Gasteiger partial charge in [-0.15, -0.1) is 0 Å². The van der Waals surface area contributed by atoms with Crippen LogP contribution in [0.5, 0.6) is 5.75 Å². The van der Waals surface area contributed by atoms with Crippen molar-refractivity contribution in [3.8, 4) is 5.75 Å².